The molecule has 112 valence electrons. The summed E-state index contributed by atoms with van der Waals surface area (Å²) in [6, 6.07) is 2.92. The van der Waals surface area contributed by atoms with Gasteiger partial charge < -0.3 is 5.73 Å². The van der Waals surface area contributed by atoms with Crippen molar-refractivity contribution in [2.75, 3.05) is 13.1 Å². The Morgan fingerprint density at radius 3 is 2.45 bits per heavy atom. The van der Waals surface area contributed by atoms with Crippen LogP contribution in [0.4, 0.5) is 0 Å². The van der Waals surface area contributed by atoms with Crippen molar-refractivity contribution in [3.05, 3.63) is 27.7 Å². The van der Waals surface area contributed by atoms with Gasteiger partial charge in [-0.2, -0.15) is 4.31 Å². The Labute approximate surface area is 129 Å². The lowest BCUT2D eigenvalue weighted by molar-refractivity contribution is 0.375. The summed E-state index contributed by atoms with van der Waals surface area (Å²) in [5, 5.41) is 0.523. The Morgan fingerprint density at radius 2 is 1.95 bits per heavy atom. The summed E-state index contributed by atoms with van der Waals surface area (Å²) in [7, 11) is -3.60. The van der Waals surface area contributed by atoms with Gasteiger partial charge in [0.1, 0.15) is 4.90 Å². The van der Waals surface area contributed by atoms with Gasteiger partial charge in [0.2, 0.25) is 10.0 Å². The van der Waals surface area contributed by atoms with E-state index in [9.17, 15) is 8.42 Å². The summed E-state index contributed by atoms with van der Waals surface area (Å²) in [5.74, 6) is 0. The van der Waals surface area contributed by atoms with Crippen LogP contribution in [-0.2, 0) is 16.6 Å². The molecule has 0 atom stereocenters. The van der Waals surface area contributed by atoms with Crippen molar-refractivity contribution in [3.63, 3.8) is 0 Å². The maximum Gasteiger partial charge on any atom is 0.244 e. The molecule has 1 fully saturated rings. The smallest absolute Gasteiger partial charge is 0.244 e. The Bertz CT molecular complexity index is 630. The Morgan fingerprint density at radius 1 is 1.30 bits per heavy atom. The molecule has 4 nitrogen and oxygen atoms in total. The molecule has 0 saturated carbocycles. The second kappa shape index (κ2) is 5.46. The summed E-state index contributed by atoms with van der Waals surface area (Å²) >= 11 is 12.0. The van der Waals surface area contributed by atoms with Gasteiger partial charge in [-0.3, -0.25) is 0 Å². The first-order chi connectivity index (χ1) is 9.17. The Kier molecular flexibility index (Phi) is 4.38. The highest BCUT2D eigenvalue weighted by molar-refractivity contribution is 7.89. The monoisotopic (exact) mass is 336 g/mol. The van der Waals surface area contributed by atoms with Crippen LogP contribution in [0.25, 0.3) is 0 Å². The molecule has 1 aliphatic heterocycles. The second-order valence-corrected chi connectivity index (χ2v) is 8.55. The zero-order chi connectivity index (χ0) is 15.1. The second-order valence-electron chi connectivity index (χ2n) is 5.83. The molecular weight excluding hydrogens is 319 g/mol. The largest absolute Gasteiger partial charge is 0.326 e. The van der Waals surface area contributed by atoms with E-state index in [2.05, 4.69) is 13.8 Å². The van der Waals surface area contributed by atoms with Gasteiger partial charge in [0.15, 0.2) is 0 Å². The van der Waals surface area contributed by atoms with Gasteiger partial charge in [-0.1, -0.05) is 37.0 Å². The van der Waals surface area contributed by atoms with Crippen molar-refractivity contribution in [2.45, 2.75) is 31.7 Å². The molecular formula is C13H18Cl2N2O2S. The number of hydrogen-bond donors (Lipinski definition) is 1. The first kappa shape index (κ1) is 16.0. The lowest BCUT2D eigenvalue weighted by atomic mass is 9.93. The fourth-order valence-electron chi connectivity index (χ4n) is 2.33. The van der Waals surface area contributed by atoms with Gasteiger partial charge in [-0.15, -0.1) is 0 Å². The summed E-state index contributed by atoms with van der Waals surface area (Å²) in [6.45, 7) is 5.27. The normalized spacial score (nSPS) is 19.4. The number of benzene rings is 1. The zero-order valence-electron chi connectivity index (χ0n) is 11.5. The molecule has 0 amide bonds. The minimum atomic E-state index is -3.60. The zero-order valence-corrected chi connectivity index (χ0v) is 13.8. The highest BCUT2D eigenvalue weighted by Crippen LogP contribution is 2.36. The van der Waals surface area contributed by atoms with Crippen LogP contribution >= 0.6 is 23.2 Å². The fourth-order valence-corrected chi connectivity index (χ4v) is 4.81. The van der Waals surface area contributed by atoms with Crippen molar-refractivity contribution >= 4 is 33.2 Å². The van der Waals surface area contributed by atoms with Gasteiger partial charge in [0.25, 0.3) is 0 Å². The third kappa shape index (κ3) is 2.97. The van der Waals surface area contributed by atoms with Gasteiger partial charge in [0, 0.05) is 24.7 Å². The Hall–Kier alpha value is -0.330. The van der Waals surface area contributed by atoms with Gasteiger partial charge in [0.05, 0.1) is 5.02 Å². The number of sulfonamides is 1. The molecule has 1 heterocycles. The van der Waals surface area contributed by atoms with E-state index < -0.39 is 10.0 Å². The lowest BCUT2D eigenvalue weighted by Crippen LogP contribution is -2.30. The quantitative estimate of drug-likeness (QED) is 0.922. The molecule has 0 spiro atoms. The van der Waals surface area contributed by atoms with Crippen molar-refractivity contribution in [3.8, 4) is 0 Å². The van der Waals surface area contributed by atoms with Gasteiger partial charge in [-0.05, 0) is 29.5 Å². The predicted octanol–water partition coefficient (Wildman–Crippen LogP) is 2.87. The maximum atomic E-state index is 12.7. The molecule has 20 heavy (non-hydrogen) atoms. The molecule has 0 aromatic heterocycles. The molecule has 2 N–H and O–H groups in total. The SMILES string of the molecule is CC1(C)CCN(S(=O)(=O)c2cc(CN)c(Cl)cc2Cl)C1. The minimum absolute atomic E-state index is 0.0112. The molecule has 7 heteroatoms. The predicted molar refractivity (Wildman–Crippen MR) is 81.5 cm³/mol. The fraction of sp³-hybridized carbons (Fsp3) is 0.538. The molecule has 0 bridgehead atoms. The maximum absolute atomic E-state index is 12.7. The standard InChI is InChI=1S/C13H18Cl2N2O2S/c1-13(2)3-4-17(8-13)20(18,19)12-5-9(7-16)10(14)6-11(12)15/h5-6H,3-4,7-8,16H2,1-2H3. The summed E-state index contributed by atoms with van der Waals surface area (Å²) in [5.41, 5.74) is 6.14. The van der Waals surface area contributed by atoms with Crippen molar-refractivity contribution in [1.82, 2.24) is 4.31 Å². The van der Waals surface area contributed by atoms with E-state index in [0.29, 0.717) is 23.7 Å². The molecule has 1 aliphatic rings. The molecule has 1 saturated heterocycles. The van der Waals surface area contributed by atoms with Gasteiger partial charge >= 0.3 is 0 Å². The number of nitrogens with zero attached hydrogens (tertiary/aromatic N) is 1. The minimum Gasteiger partial charge on any atom is -0.326 e. The number of halogens is 2. The average molecular weight is 337 g/mol. The number of rotatable bonds is 3. The molecule has 0 unspecified atom stereocenters. The summed E-state index contributed by atoms with van der Waals surface area (Å²) in [4.78, 5) is 0.0849. The van der Waals surface area contributed by atoms with Crippen LogP contribution in [0, 0.1) is 5.41 Å². The topological polar surface area (TPSA) is 63.4 Å². The molecule has 0 aliphatic carbocycles. The van der Waals surface area contributed by atoms with Crippen LogP contribution in [0.1, 0.15) is 25.8 Å². The third-order valence-corrected chi connectivity index (χ3v) is 6.24. The first-order valence-corrected chi connectivity index (χ1v) is 8.55. The van der Waals surface area contributed by atoms with E-state index in [1.807, 2.05) is 0 Å². The van der Waals surface area contributed by atoms with Crippen LogP contribution in [0.5, 0.6) is 0 Å². The van der Waals surface area contributed by atoms with Crippen LogP contribution in [0.2, 0.25) is 10.0 Å². The van der Waals surface area contributed by atoms with E-state index in [4.69, 9.17) is 28.9 Å². The average Bonchev–Trinajstić information content (AvgIpc) is 2.70. The van der Waals surface area contributed by atoms with E-state index in [-0.39, 0.29) is 21.9 Å². The van der Waals surface area contributed by atoms with Crippen molar-refractivity contribution < 1.29 is 8.42 Å². The summed E-state index contributed by atoms with van der Waals surface area (Å²) in [6.07, 6.45) is 0.835. The Balaban J connectivity index is 2.45. The van der Waals surface area contributed by atoms with Crippen LogP contribution < -0.4 is 5.73 Å². The first-order valence-electron chi connectivity index (χ1n) is 6.35. The lowest BCUT2D eigenvalue weighted by Gasteiger charge is -2.20. The van der Waals surface area contributed by atoms with Gasteiger partial charge in [-0.25, -0.2) is 8.42 Å². The van der Waals surface area contributed by atoms with Crippen LogP contribution in [0.15, 0.2) is 17.0 Å². The molecule has 1 aromatic rings. The van der Waals surface area contributed by atoms with Crippen LogP contribution in [-0.4, -0.2) is 25.8 Å². The van der Waals surface area contributed by atoms with Crippen LogP contribution in [0.3, 0.4) is 0 Å². The highest BCUT2D eigenvalue weighted by atomic mass is 35.5. The number of hydrogen-bond acceptors (Lipinski definition) is 3. The van der Waals surface area contributed by atoms with E-state index in [1.54, 1.807) is 0 Å². The van der Waals surface area contributed by atoms with E-state index in [1.165, 1.54) is 16.4 Å². The third-order valence-electron chi connectivity index (χ3n) is 3.58. The molecule has 0 radical (unpaired) electrons. The number of nitrogens with two attached hydrogens (primary N) is 1. The summed E-state index contributed by atoms with van der Waals surface area (Å²) < 4.78 is 26.8. The molecule has 1 aromatic carbocycles. The van der Waals surface area contributed by atoms with E-state index >= 15 is 0 Å². The highest BCUT2D eigenvalue weighted by Gasteiger charge is 2.37. The molecule has 2 rings (SSSR count). The van der Waals surface area contributed by atoms with Crippen molar-refractivity contribution in [2.24, 2.45) is 11.1 Å². The van der Waals surface area contributed by atoms with E-state index in [0.717, 1.165) is 6.42 Å². The van der Waals surface area contributed by atoms with Crippen molar-refractivity contribution in [1.29, 1.82) is 0 Å².